The average Bonchev–Trinajstić information content (AvgIpc) is 2.85. The highest BCUT2D eigenvalue weighted by Gasteiger charge is 2.46. The van der Waals surface area contributed by atoms with Crippen LogP contribution in [-0.4, -0.2) is 30.7 Å². The molecule has 4 rings (SSSR count). The monoisotopic (exact) mass is 459 g/mol. The van der Waals surface area contributed by atoms with Crippen LogP contribution in [0.2, 0.25) is 0 Å². The Morgan fingerprint density at radius 1 is 0.941 bits per heavy atom. The maximum atomic E-state index is 13.7. The van der Waals surface area contributed by atoms with E-state index >= 15 is 0 Å². The number of hydrogen-bond acceptors (Lipinski definition) is 5. The fourth-order valence-corrected chi connectivity index (χ4v) is 5.09. The van der Waals surface area contributed by atoms with Gasteiger partial charge in [0.05, 0.1) is 24.7 Å². The molecule has 5 nitrogen and oxygen atoms in total. The smallest absolute Gasteiger partial charge is 0.336 e. The van der Waals surface area contributed by atoms with E-state index in [1.807, 2.05) is 56.3 Å². The summed E-state index contributed by atoms with van der Waals surface area (Å²) in [5.74, 6) is -0.425. The normalized spacial score (nSPS) is 22.1. The van der Waals surface area contributed by atoms with Gasteiger partial charge in [-0.15, -0.1) is 0 Å². The van der Waals surface area contributed by atoms with Crippen LogP contribution in [0.15, 0.2) is 70.9 Å². The molecule has 0 N–H and O–H groups in total. The Morgan fingerprint density at radius 2 is 1.65 bits per heavy atom. The molecule has 0 aromatic heterocycles. The molecule has 34 heavy (non-hydrogen) atoms. The van der Waals surface area contributed by atoms with Gasteiger partial charge in [-0.1, -0.05) is 62.4 Å². The summed E-state index contributed by atoms with van der Waals surface area (Å²) < 4.78 is 11.6. The third-order valence-electron chi connectivity index (χ3n) is 6.60. The van der Waals surface area contributed by atoms with Crippen molar-refractivity contribution < 1.29 is 19.1 Å². The van der Waals surface area contributed by atoms with Gasteiger partial charge in [0.2, 0.25) is 0 Å². The zero-order valence-electron chi connectivity index (χ0n) is 20.3. The molecule has 2 aromatic rings. The van der Waals surface area contributed by atoms with Gasteiger partial charge >= 0.3 is 5.97 Å². The summed E-state index contributed by atoms with van der Waals surface area (Å²) in [6.07, 6.45) is 2.73. The molecule has 5 heteroatoms. The molecule has 1 aliphatic carbocycles. The number of carbonyl (C=O) groups is 2. The zero-order chi connectivity index (χ0) is 24.1. The van der Waals surface area contributed by atoms with Crippen molar-refractivity contribution >= 4 is 17.5 Å². The third kappa shape index (κ3) is 4.84. The molecular formula is C29H33NO4. The fourth-order valence-electron chi connectivity index (χ4n) is 5.09. The number of hydrogen-bond donors (Lipinski definition) is 0. The number of benzene rings is 2. The highest BCUT2D eigenvalue weighted by Crippen LogP contribution is 2.48. The minimum atomic E-state index is -0.487. The van der Waals surface area contributed by atoms with Crippen molar-refractivity contribution in [2.45, 2.75) is 58.3 Å². The van der Waals surface area contributed by atoms with Gasteiger partial charge < -0.3 is 9.47 Å². The molecule has 0 amide bonds. The maximum absolute atomic E-state index is 13.7. The van der Waals surface area contributed by atoms with Crippen LogP contribution in [0, 0.1) is 5.92 Å². The Hall–Kier alpha value is -3.21. The highest BCUT2D eigenvalue weighted by molar-refractivity contribution is 6.12. The van der Waals surface area contributed by atoms with Crippen LogP contribution in [0.25, 0.3) is 0 Å². The Balaban J connectivity index is 1.80. The van der Waals surface area contributed by atoms with E-state index in [4.69, 9.17) is 14.5 Å². The Kier molecular flexibility index (Phi) is 7.61. The van der Waals surface area contributed by atoms with Crippen LogP contribution in [0.3, 0.4) is 0 Å². The summed E-state index contributed by atoms with van der Waals surface area (Å²) in [7, 11) is 0. The molecule has 1 aliphatic heterocycles. The Labute approximate surface area is 201 Å². The van der Waals surface area contributed by atoms with Crippen molar-refractivity contribution in [2.75, 3.05) is 13.2 Å². The molecule has 2 aliphatic rings. The van der Waals surface area contributed by atoms with Gasteiger partial charge in [-0.05, 0) is 43.7 Å². The second kappa shape index (κ2) is 10.8. The van der Waals surface area contributed by atoms with E-state index in [1.165, 1.54) is 0 Å². The van der Waals surface area contributed by atoms with Gasteiger partial charge in [-0.25, -0.2) is 4.79 Å². The molecular weight excluding hydrogens is 426 g/mol. The SMILES string of the molecule is CCCOC(=O)C1=C(C)N=C2C[C@H](c3ccccc3)CC(=O)C2[C@@H]1c1ccccc1OCCC. The maximum Gasteiger partial charge on any atom is 0.336 e. The molecule has 1 unspecified atom stereocenters. The summed E-state index contributed by atoms with van der Waals surface area (Å²) in [4.78, 5) is 31.8. The molecule has 0 spiro atoms. The number of esters is 1. The van der Waals surface area contributed by atoms with Gasteiger partial charge in [0.25, 0.3) is 0 Å². The van der Waals surface area contributed by atoms with Crippen LogP contribution in [0.1, 0.15) is 69.4 Å². The van der Waals surface area contributed by atoms with Crippen LogP contribution in [0.4, 0.5) is 0 Å². The van der Waals surface area contributed by atoms with E-state index in [9.17, 15) is 9.59 Å². The van der Waals surface area contributed by atoms with E-state index < -0.39 is 17.8 Å². The minimum Gasteiger partial charge on any atom is -0.493 e. The number of ether oxygens (including phenoxy) is 2. The lowest BCUT2D eigenvalue weighted by Crippen LogP contribution is -2.41. The third-order valence-corrected chi connectivity index (χ3v) is 6.60. The Morgan fingerprint density at radius 3 is 2.38 bits per heavy atom. The quantitative estimate of drug-likeness (QED) is 0.454. The first-order chi connectivity index (χ1) is 16.5. The fraction of sp³-hybridized carbons (Fsp3) is 0.414. The predicted octanol–water partition coefficient (Wildman–Crippen LogP) is 6.00. The summed E-state index contributed by atoms with van der Waals surface area (Å²) >= 11 is 0. The summed E-state index contributed by atoms with van der Waals surface area (Å²) in [6.45, 7) is 6.77. The van der Waals surface area contributed by atoms with Crippen molar-refractivity contribution in [1.82, 2.24) is 0 Å². The van der Waals surface area contributed by atoms with E-state index in [1.54, 1.807) is 0 Å². The number of nitrogens with zero attached hydrogens (tertiary/aromatic N) is 1. The summed E-state index contributed by atoms with van der Waals surface area (Å²) in [6, 6.07) is 17.9. The molecule has 2 aromatic carbocycles. The van der Waals surface area contributed by atoms with Crippen LogP contribution >= 0.6 is 0 Å². The summed E-state index contributed by atoms with van der Waals surface area (Å²) in [5.41, 5.74) is 3.95. The molecule has 1 fully saturated rings. The number of rotatable bonds is 8. The number of para-hydroxylation sites is 1. The molecule has 3 atom stereocenters. The molecule has 178 valence electrons. The first kappa shape index (κ1) is 23.9. The Bertz CT molecular complexity index is 1100. The number of aliphatic imine (C=N–C) groups is 1. The van der Waals surface area contributed by atoms with Crippen LogP contribution in [-0.2, 0) is 14.3 Å². The van der Waals surface area contributed by atoms with E-state index in [0.717, 1.165) is 29.7 Å². The standard InChI is InChI=1S/C29H33NO4/c1-4-15-33-25-14-10-9-13-22(25)27-26(29(32)34-16-5-2)19(3)30-23-17-21(18-24(31)28(23)27)20-11-7-6-8-12-20/h6-14,21,27-28H,4-5,15-18H2,1-3H3/t21-,27+,28?/m0/s1. The number of fused-ring (bicyclic) bond motifs is 1. The van der Waals surface area contributed by atoms with Crippen molar-refractivity contribution in [3.05, 3.63) is 77.0 Å². The topological polar surface area (TPSA) is 65.0 Å². The van der Waals surface area contributed by atoms with Crippen molar-refractivity contribution in [1.29, 1.82) is 0 Å². The minimum absolute atomic E-state index is 0.0947. The van der Waals surface area contributed by atoms with Gasteiger partial charge in [0, 0.05) is 29.3 Å². The highest BCUT2D eigenvalue weighted by atomic mass is 16.5. The first-order valence-corrected chi connectivity index (χ1v) is 12.3. The average molecular weight is 460 g/mol. The van der Waals surface area contributed by atoms with Crippen molar-refractivity contribution in [3.63, 3.8) is 0 Å². The summed E-state index contributed by atoms with van der Waals surface area (Å²) in [5, 5.41) is 0. The lowest BCUT2D eigenvalue weighted by Gasteiger charge is -2.38. The lowest BCUT2D eigenvalue weighted by atomic mass is 9.66. The molecule has 0 saturated heterocycles. The van der Waals surface area contributed by atoms with E-state index in [2.05, 4.69) is 19.1 Å². The number of ketones is 1. The molecule has 0 bridgehead atoms. The number of Topliss-reactive ketones (excluding diaryl/α,β-unsaturated/α-hetero) is 1. The van der Waals surface area contributed by atoms with Crippen molar-refractivity contribution in [3.8, 4) is 5.75 Å². The zero-order valence-corrected chi connectivity index (χ0v) is 20.3. The number of allylic oxidation sites excluding steroid dienone is 1. The lowest BCUT2D eigenvalue weighted by molar-refractivity contribution is -0.139. The van der Waals surface area contributed by atoms with Gasteiger partial charge in [0.15, 0.2) is 0 Å². The second-order valence-electron chi connectivity index (χ2n) is 9.06. The second-order valence-corrected chi connectivity index (χ2v) is 9.06. The molecule has 1 heterocycles. The van der Waals surface area contributed by atoms with Gasteiger partial charge in [-0.3, -0.25) is 9.79 Å². The van der Waals surface area contributed by atoms with Gasteiger partial charge in [0.1, 0.15) is 11.5 Å². The number of carbonyl (C=O) groups excluding carboxylic acids is 2. The van der Waals surface area contributed by atoms with Crippen LogP contribution < -0.4 is 4.74 Å². The van der Waals surface area contributed by atoms with Crippen LogP contribution in [0.5, 0.6) is 5.75 Å². The molecule has 0 radical (unpaired) electrons. The van der Waals surface area contributed by atoms with E-state index in [-0.39, 0.29) is 11.7 Å². The van der Waals surface area contributed by atoms with Gasteiger partial charge in [-0.2, -0.15) is 0 Å². The first-order valence-electron chi connectivity index (χ1n) is 12.3. The van der Waals surface area contributed by atoms with Crippen molar-refractivity contribution in [2.24, 2.45) is 10.9 Å². The predicted molar refractivity (Wildman–Crippen MR) is 133 cm³/mol. The van der Waals surface area contributed by atoms with E-state index in [0.29, 0.717) is 43.1 Å². The largest absolute Gasteiger partial charge is 0.493 e. The molecule has 1 saturated carbocycles.